The van der Waals surface area contributed by atoms with Gasteiger partial charge in [0.25, 0.3) is 0 Å². The number of hydrogen-bond acceptors (Lipinski definition) is 6. The lowest BCUT2D eigenvalue weighted by Crippen LogP contribution is -2.16. The standard InChI is InChI=1S/C13H10BrClN2O4S/c1-2-22(19,20)13-16-7-10(14)11(17-13)12(18)21-9-5-3-8(15)4-6-9/h3-7H,2H2,1H3. The molecule has 2 aromatic rings. The van der Waals surface area contributed by atoms with Crippen LogP contribution in [0.2, 0.25) is 5.02 Å². The van der Waals surface area contributed by atoms with Crippen molar-refractivity contribution in [2.45, 2.75) is 12.1 Å². The SMILES string of the molecule is CCS(=O)(=O)c1ncc(Br)c(C(=O)Oc2ccc(Cl)cc2)n1. The van der Waals surface area contributed by atoms with E-state index in [4.69, 9.17) is 16.3 Å². The fourth-order valence-corrected chi connectivity index (χ4v) is 2.61. The summed E-state index contributed by atoms with van der Waals surface area (Å²) in [5, 5.41) is 0.0839. The van der Waals surface area contributed by atoms with E-state index >= 15 is 0 Å². The Balaban J connectivity index is 2.33. The minimum atomic E-state index is -3.62. The molecule has 0 atom stereocenters. The molecular weight excluding hydrogens is 396 g/mol. The maximum atomic E-state index is 12.1. The van der Waals surface area contributed by atoms with Crippen molar-refractivity contribution < 1.29 is 17.9 Å². The highest BCUT2D eigenvalue weighted by atomic mass is 79.9. The number of ether oxygens (including phenoxy) is 1. The molecule has 2 rings (SSSR count). The smallest absolute Gasteiger partial charge is 0.363 e. The number of carbonyl (C=O) groups excluding carboxylic acids is 1. The number of nitrogens with zero attached hydrogens (tertiary/aromatic N) is 2. The van der Waals surface area contributed by atoms with E-state index in [1.165, 1.54) is 25.3 Å². The highest BCUT2D eigenvalue weighted by Gasteiger charge is 2.22. The van der Waals surface area contributed by atoms with Crippen molar-refractivity contribution in [2.75, 3.05) is 5.75 Å². The molecule has 0 saturated carbocycles. The molecule has 1 heterocycles. The van der Waals surface area contributed by atoms with Gasteiger partial charge in [-0.3, -0.25) is 0 Å². The van der Waals surface area contributed by atoms with E-state index < -0.39 is 21.0 Å². The molecule has 0 spiro atoms. The quantitative estimate of drug-likeness (QED) is 0.442. The van der Waals surface area contributed by atoms with Gasteiger partial charge >= 0.3 is 5.97 Å². The summed E-state index contributed by atoms with van der Waals surface area (Å²) in [6.45, 7) is 1.46. The van der Waals surface area contributed by atoms with Gasteiger partial charge < -0.3 is 4.74 Å². The Labute approximate surface area is 140 Å². The van der Waals surface area contributed by atoms with Crippen LogP contribution in [-0.4, -0.2) is 30.1 Å². The second-order valence-electron chi connectivity index (χ2n) is 4.10. The van der Waals surface area contributed by atoms with Crippen molar-refractivity contribution in [1.82, 2.24) is 9.97 Å². The average molecular weight is 406 g/mol. The van der Waals surface area contributed by atoms with Crippen molar-refractivity contribution in [3.8, 4) is 5.75 Å². The average Bonchev–Trinajstić information content (AvgIpc) is 2.49. The molecule has 1 aromatic carbocycles. The zero-order valence-corrected chi connectivity index (χ0v) is 14.4. The molecule has 0 N–H and O–H groups in total. The van der Waals surface area contributed by atoms with E-state index in [-0.39, 0.29) is 21.7 Å². The van der Waals surface area contributed by atoms with Crippen LogP contribution in [0.1, 0.15) is 17.4 Å². The Morgan fingerprint density at radius 3 is 2.55 bits per heavy atom. The molecule has 22 heavy (non-hydrogen) atoms. The number of hydrogen-bond donors (Lipinski definition) is 0. The minimum Gasteiger partial charge on any atom is -0.422 e. The first-order valence-electron chi connectivity index (χ1n) is 6.06. The summed E-state index contributed by atoms with van der Waals surface area (Å²) in [7, 11) is -3.62. The Morgan fingerprint density at radius 1 is 1.32 bits per heavy atom. The van der Waals surface area contributed by atoms with Gasteiger partial charge in [-0.1, -0.05) is 18.5 Å². The third-order valence-corrected chi connectivity index (χ3v) is 4.94. The summed E-state index contributed by atoms with van der Waals surface area (Å²) < 4.78 is 28.9. The van der Waals surface area contributed by atoms with E-state index in [1.807, 2.05) is 0 Å². The summed E-state index contributed by atoms with van der Waals surface area (Å²) in [6, 6.07) is 6.15. The van der Waals surface area contributed by atoms with Gasteiger partial charge in [-0.25, -0.2) is 23.2 Å². The minimum absolute atomic E-state index is 0.166. The first-order valence-corrected chi connectivity index (χ1v) is 8.89. The third kappa shape index (κ3) is 3.82. The van der Waals surface area contributed by atoms with Gasteiger partial charge in [-0.2, -0.15) is 0 Å². The zero-order valence-electron chi connectivity index (χ0n) is 11.3. The molecule has 0 fully saturated rings. The number of carbonyl (C=O) groups is 1. The van der Waals surface area contributed by atoms with Gasteiger partial charge in [0.05, 0.1) is 10.2 Å². The third-order valence-electron chi connectivity index (χ3n) is 2.60. The number of esters is 1. The van der Waals surface area contributed by atoms with Crippen molar-refractivity contribution in [3.63, 3.8) is 0 Å². The van der Waals surface area contributed by atoms with Crippen molar-refractivity contribution >= 4 is 43.3 Å². The summed E-state index contributed by atoms with van der Waals surface area (Å²) in [5.74, 6) is -0.704. The molecule has 1 aromatic heterocycles. The van der Waals surface area contributed by atoms with Crippen LogP contribution in [0.15, 0.2) is 40.1 Å². The summed E-state index contributed by atoms with van der Waals surface area (Å²) >= 11 is 8.85. The summed E-state index contributed by atoms with van der Waals surface area (Å²) in [6.07, 6.45) is 1.20. The fourth-order valence-electron chi connectivity index (χ4n) is 1.43. The molecule has 0 aliphatic carbocycles. The predicted molar refractivity (Wildman–Crippen MR) is 83.9 cm³/mol. The molecule has 0 saturated heterocycles. The van der Waals surface area contributed by atoms with Gasteiger partial charge in [-0.15, -0.1) is 0 Å². The maximum absolute atomic E-state index is 12.1. The normalized spacial score (nSPS) is 11.2. The topological polar surface area (TPSA) is 86.2 Å². The molecular formula is C13H10BrClN2O4S. The molecule has 0 aliphatic rings. The largest absolute Gasteiger partial charge is 0.422 e. The number of rotatable bonds is 4. The number of aromatic nitrogens is 2. The van der Waals surface area contributed by atoms with Crippen LogP contribution in [0.4, 0.5) is 0 Å². The predicted octanol–water partition coefficient (Wildman–Crippen LogP) is 2.91. The Bertz CT molecular complexity index is 809. The van der Waals surface area contributed by atoms with E-state index in [1.54, 1.807) is 12.1 Å². The second-order valence-corrected chi connectivity index (χ2v) is 7.56. The number of benzene rings is 1. The molecule has 0 amide bonds. The fraction of sp³-hybridized carbons (Fsp3) is 0.154. The van der Waals surface area contributed by atoms with Gasteiger partial charge in [0.15, 0.2) is 5.69 Å². The Hall–Kier alpha value is -1.51. The van der Waals surface area contributed by atoms with Crippen LogP contribution in [0.5, 0.6) is 5.75 Å². The number of sulfone groups is 1. The molecule has 0 unspecified atom stereocenters. The molecule has 0 radical (unpaired) electrons. The highest BCUT2D eigenvalue weighted by molar-refractivity contribution is 9.10. The highest BCUT2D eigenvalue weighted by Crippen LogP contribution is 2.20. The van der Waals surface area contributed by atoms with Crippen molar-refractivity contribution in [1.29, 1.82) is 0 Å². The van der Waals surface area contributed by atoms with Crippen LogP contribution in [-0.2, 0) is 9.84 Å². The lowest BCUT2D eigenvalue weighted by molar-refractivity contribution is 0.0726. The van der Waals surface area contributed by atoms with Crippen LogP contribution in [0.3, 0.4) is 0 Å². The van der Waals surface area contributed by atoms with Crippen LogP contribution < -0.4 is 4.74 Å². The Kier molecular flexibility index (Phi) is 5.15. The maximum Gasteiger partial charge on any atom is 0.363 e. The molecule has 116 valence electrons. The number of halogens is 2. The first-order chi connectivity index (χ1) is 10.3. The first kappa shape index (κ1) is 16.9. The van der Waals surface area contributed by atoms with E-state index in [9.17, 15) is 13.2 Å². The van der Waals surface area contributed by atoms with Crippen molar-refractivity contribution in [3.05, 3.63) is 45.7 Å². The molecule has 6 nitrogen and oxygen atoms in total. The summed E-state index contributed by atoms with van der Waals surface area (Å²) in [4.78, 5) is 19.6. The van der Waals surface area contributed by atoms with Crippen LogP contribution in [0, 0.1) is 0 Å². The van der Waals surface area contributed by atoms with Crippen LogP contribution >= 0.6 is 27.5 Å². The van der Waals surface area contributed by atoms with Crippen molar-refractivity contribution in [2.24, 2.45) is 0 Å². The lowest BCUT2D eigenvalue weighted by atomic mass is 10.3. The van der Waals surface area contributed by atoms with Gasteiger partial charge in [-0.05, 0) is 40.2 Å². The zero-order chi connectivity index (χ0) is 16.3. The molecule has 9 heteroatoms. The monoisotopic (exact) mass is 404 g/mol. The van der Waals surface area contributed by atoms with E-state index in [0.29, 0.717) is 5.02 Å². The molecule has 0 bridgehead atoms. The molecule has 0 aliphatic heterocycles. The van der Waals surface area contributed by atoms with E-state index in [2.05, 4.69) is 25.9 Å². The lowest BCUT2D eigenvalue weighted by Gasteiger charge is -2.07. The van der Waals surface area contributed by atoms with E-state index in [0.717, 1.165) is 0 Å². The second kappa shape index (κ2) is 6.72. The summed E-state index contributed by atoms with van der Waals surface area (Å²) in [5.41, 5.74) is -0.169. The Morgan fingerprint density at radius 2 is 1.95 bits per heavy atom. The van der Waals surface area contributed by atoms with Gasteiger partial charge in [0.2, 0.25) is 15.0 Å². The van der Waals surface area contributed by atoms with Gasteiger partial charge in [0.1, 0.15) is 5.75 Å². The van der Waals surface area contributed by atoms with Crippen LogP contribution in [0.25, 0.3) is 0 Å². The van der Waals surface area contributed by atoms with Gasteiger partial charge in [0, 0.05) is 11.2 Å².